The van der Waals surface area contributed by atoms with E-state index in [2.05, 4.69) is 18.8 Å². The number of hydrogen-bond acceptors (Lipinski definition) is 4. The molecule has 2 rings (SSSR count). The van der Waals surface area contributed by atoms with Gasteiger partial charge in [-0.2, -0.15) is 0 Å². The highest BCUT2D eigenvalue weighted by molar-refractivity contribution is 5.88. The van der Waals surface area contributed by atoms with Crippen LogP contribution in [0.15, 0.2) is 23.0 Å². The van der Waals surface area contributed by atoms with Gasteiger partial charge in [-0.15, -0.1) is 0 Å². The number of benzene rings is 1. The number of fused-ring (bicyclic) bond motifs is 1. The van der Waals surface area contributed by atoms with Crippen molar-refractivity contribution < 1.29 is 14.2 Å². The average molecular weight is 347 g/mol. The SMILES string of the molecule is CCCCCCOc1c(OC)c2ccc(OCCCC)cc2[nH]c1=O. The van der Waals surface area contributed by atoms with Gasteiger partial charge in [-0.1, -0.05) is 39.5 Å². The van der Waals surface area contributed by atoms with Crippen molar-refractivity contribution in [3.63, 3.8) is 0 Å². The fourth-order valence-electron chi connectivity index (χ4n) is 2.69. The van der Waals surface area contributed by atoms with Gasteiger partial charge in [0.2, 0.25) is 5.75 Å². The molecule has 2 aromatic rings. The highest BCUT2D eigenvalue weighted by atomic mass is 16.5. The van der Waals surface area contributed by atoms with Crippen LogP contribution in [0.4, 0.5) is 0 Å². The second-order valence-corrected chi connectivity index (χ2v) is 6.14. The molecule has 0 aliphatic rings. The van der Waals surface area contributed by atoms with Crippen LogP contribution in [0.5, 0.6) is 17.2 Å². The summed E-state index contributed by atoms with van der Waals surface area (Å²) in [5, 5.41) is 0.813. The molecule has 0 atom stereocenters. The van der Waals surface area contributed by atoms with Gasteiger partial charge >= 0.3 is 0 Å². The van der Waals surface area contributed by atoms with Gasteiger partial charge in [-0.05, 0) is 25.0 Å². The van der Waals surface area contributed by atoms with E-state index < -0.39 is 0 Å². The number of ether oxygens (including phenoxy) is 3. The van der Waals surface area contributed by atoms with Crippen LogP contribution in [0.2, 0.25) is 0 Å². The molecule has 5 nitrogen and oxygen atoms in total. The molecule has 1 heterocycles. The molecule has 138 valence electrons. The van der Waals surface area contributed by atoms with E-state index in [-0.39, 0.29) is 11.3 Å². The molecule has 0 fully saturated rings. The van der Waals surface area contributed by atoms with E-state index >= 15 is 0 Å². The highest BCUT2D eigenvalue weighted by Gasteiger charge is 2.15. The number of methoxy groups -OCH3 is 1. The van der Waals surface area contributed by atoms with Crippen molar-refractivity contribution in [1.82, 2.24) is 4.98 Å². The van der Waals surface area contributed by atoms with E-state index in [1.54, 1.807) is 7.11 Å². The van der Waals surface area contributed by atoms with Gasteiger partial charge < -0.3 is 19.2 Å². The number of rotatable bonds is 11. The summed E-state index contributed by atoms with van der Waals surface area (Å²) in [4.78, 5) is 15.3. The predicted octanol–water partition coefficient (Wildman–Crippen LogP) is 4.67. The summed E-state index contributed by atoms with van der Waals surface area (Å²) in [6, 6.07) is 5.62. The first kappa shape index (κ1) is 19.2. The zero-order valence-corrected chi connectivity index (χ0v) is 15.5. The maximum Gasteiger partial charge on any atom is 0.294 e. The highest BCUT2D eigenvalue weighted by Crippen LogP contribution is 2.33. The summed E-state index contributed by atoms with van der Waals surface area (Å²) in [7, 11) is 1.56. The lowest BCUT2D eigenvalue weighted by Crippen LogP contribution is -2.14. The van der Waals surface area contributed by atoms with Gasteiger partial charge in [0.05, 0.1) is 25.8 Å². The lowest BCUT2D eigenvalue weighted by Gasteiger charge is -2.13. The Morgan fingerprint density at radius 3 is 2.40 bits per heavy atom. The fraction of sp³-hybridized carbons (Fsp3) is 0.550. The van der Waals surface area contributed by atoms with Crippen LogP contribution in [-0.4, -0.2) is 25.3 Å². The molecule has 0 amide bonds. The normalized spacial score (nSPS) is 10.8. The number of aromatic nitrogens is 1. The van der Waals surface area contributed by atoms with E-state index in [1.165, 1.54) is 12.8 Å². The van der Waals surface area contributed by atoms with Crippen LogP contribution >= 0.6 is 0 Å². The van der Waals surface area contributed by atoms with Gasteiger partial charge in [-0.25, -0.2) is 0 Å². The molecule has 1 aromatic carbocycles. The number of hydrogen-bond donors (Lipinski definition) is 1. The van der Waals surface area contributed by atoms with E-state index in [0.29, 0.717) is 24.5 Å². The first-order valence-electron chi connectivity index (χ1n) is 9.20. The minimum absolute atomic E-state index is 0.256. The summed E-state index contributed by atoms with van der Waals surface area (Å²) < 4.78 is 16.9. The standard InChI is InChI=1S/C20H29NO4/c1-4-6-8-9-13-25-19-18(23-3)16-11-10-15(24-12-7-5-2)14-17(16)21-20(19)22/h10-11,14H,4-9,12-13H2,1-3H3,(H,21,22). The first-order chi connectivity index (χ1) is 12.2. The Hall–Kier alpha value is -2.17. The Kier molecular flexibility index (Phi) is 7.64. The Balaban J connectivity index is 2.21. The zero-order valence-electron chi connectivity index (χ0n) is 15.5. The van der Waals surface area contributed by atoms with E-state index in [4.69, 9.17) is 14.2 Å². The average Bonchev–Trinajstić information content (AvgIpc) is 2.61. The molecule has 0 bridgehead atoms. The van der Waals surface area contributed by atoms with Gasteiger partial charge in [0.1, 0.15) is 5.75 Å². The van der Waals surface area contributed by atoms with Gasteiger partial charge in [-0.3, -0.25) is 4.79 Å². The van der Waals surface area contributed by atoms with Crippen molar-refractivity contribution in [1.29, 1.82) is 0 Å². The summed E-state index contributed by atoms with van der Waals surface area (Å²) in [5.74, 6) is 1.48. The van der Waals surface area contributed by atoms with Crippen molar-refractivity contribution >= 4 is 10.9 Å². The maximum atomic E-state index is 12.4. The predicted molar refractivity (Wildman–Crippen MR) is 101 cm³/mol. The molecule has 0 spiro atoms. The van der Waals surface area contributed by atoms with E-state index in [0.717, 1.165) is 36.8 Å². The molecule has 1 aromatic heterocycles. The largest absolute Gasteiger partial charge is 0.494 e. The van der Waals surface area contributed by atoms with Crippen LogP contribution in [0.25, 0.3) is 10.9 Å². The number of unbranched alkanes of at least 4 members (excludes halogenated alkanes) is 4. The van der Waals surface area contributed by atoms with Crippen molar-refractivity contribution in [2.45, 2.75) is 52.4 Å². The van der Waals surface area contributed by atoms with Crippen LogP contribution < -0.4 is 19.8 Å². The summed E-state index contributed by atoms with van der Waals surface area (Å²) in [5.41, 5.74) is 0.416. The number of pyridine rings is 1. The molecule has 0 saturated carbocycles. The monoisotopic (exact) mass is 347 g/mol. The van der Waals surface area contributed by atoms with Gasteiger partial charge in [0.25, 0.3) is 5.56 Å². The third kappa shape index (κ3) is 5.15. The fourth-order valence-corrected chi connectivity index (χ4v) is 2.69. The molecule has 0 aliphatic heterocycles. The van der Waals surface area contributed by atoms with Crippen LogP contribution in [0.3, 0.4) is 0 Å². The summed E-state index contributed by atoms with van der Waals surface area (Å²) >= 11 is 0. The van der Waals surface area contributed by atoms with Crippen LogP contribution in [0, 0.1) is 0 Å². The lowest BCUT2D eigenvalue weighted by molar-refractivity contribution is 0.282. The van der Waals surface area contributed by atoms with Crippen molar-refractivity contribution in [3.8, 4) is 17.2 Å². The van der Waals surface area contributed by atoms with Gasteiger partial charge in [0.15, 0.2) is 5.75 Å². The molecular weight excluding hydrogens is 318 g/mol. The second kappa shape index (κ2) is 9.97. The van der Waals surface area contributed by atoms with Crippen LogP contribution in [-0.2, 0) is 0 Å². The molecular formula is C20H29NO4. The Morgan fingerprint density at radius 1 is 0.920 bits per heavy atom. The van der Waals surface area contributed by atoms with E-state index in [9.17, 15) is 4.79 Å². The summed E-state index contributed by atoms with van der Waals surface area (Å²) in [6.07, 6.45) is 6.46. The number of nitrogens with one attached hydrogen (secondary N) is 1. The second-order valence-electron chi connectivity index (χ2n) is 6.14. The third-order valence-electron chi connectivity index (χ3n) is 4.11. The first-order valence-corrected chi connectivity index (χ1v) is 9.20. The topological polar surface area (TPSA) is 60.6 Å². The van der Waals surface area contributed by atoms with Crippen molar-refractivity contribution in [2.24, 2.45) is 0 Å². The quantitative estimate of drug-likeness (QED) is 0.600. The summed E-state index contributed by atoms with van der Waals surface area (Å²) in [6.45, 7) is 5.47. The molecule has 0 radical (unpaired) electrons. The minimum Gasteiger partial charge on any atom is -0.494 e. The van der Waals surface area contributed by atoms with Crippen molar-refractivity contribution in [2.75, 3.05) is 20.3 Å². The smallest absolute Gasteiger partial charge is 0.294 e. The molecule has 0 aliphatic carbocycles. The minimum atomic E-state index is -0.273. The Morgan fingerprint density at radius 2 is 1.68 bits per heavy atom. The molecule has 0 unspecified atom stereocenters. The lowest BCUT2D eigenvalue weighted by atomic mass is 10.2. The number of aromatic amines is 1. The van der Waals surface area contributed by atoms with Crippen molar-refractivity contribution in [3.05, 3.63) is 28.6 Å². The maximum absolute atomic E-state index is 12.4. The molecule has 5 heteroatoms. The zero-order chi connectivity index (χ0) is 18.1. The van der Waals surface area contributed by atoms with Crippen LogP contribution in [0.1, 0.15) is 52.4 Å². The Bertz CT molecular complexity index is 723. The molecule has 0 saturated heterocycles. The number of H-pyrrole nitrogens is 1. The van der Waals surface area contributed by atoms with E-state index in [1.807, 2.05) is 18.2 Å². The molecule has 25 heavy (non-hydrogen) atoms. The Labute approximate surface area is 149 Å². The van der Waals surface area contributed by atoms with Gasteiger partial charge in [0, 0.05) is 11.5 Å². The molecule has 1 N–H and O–H groups in total. The third-order valence-corrected chi connectivity index (χ3v) is 4.11.